The first-order valence-electron chi connectivity index (χ1n) is 23.1. The Balaban J connectivity index is 0.757. The van der Waals surface area contributed by atoms with Crippen LogP contribution in [-0.4, -0.2) is 125 Å². The molecule has 19 heteroatoms. The summed E-state index contributed by atoms with van der Waals surface area (Å²) in [6, 6.07) is 15.3. The van der Waals surface area contributed by atoms with Gasteiger partial charge in [-0.15, -0.1) is 0 Å². The van der Waals surface area contributed by atoms with Crippen LogP contribution >= 0.6 is 0 Å². The number of anilines is 3. The SMILES string of the molecule is O=C1CCC(Nc2ccc(C3CCN(CC(=O)N4[C@@H]5CCC[C@H]4CN(c4ccc(-c6cnc7[nH]cc(C(=O)c8c(F)ccc(NS(=O)(=O)N9CCCC9)c8F)c7c6)cn4)C5)CC3)cc2)C(=O)N1. The van der Waals surface area contributed by atoms with Crippen molar-refractivity contribution in [3.8, 4) is 11.1 Å². The van der Waals surface area contributed by atoms with Gasteiger partial charge in [0.15, 0.2) is 5.82 Å². The number of H-pyrrole nitrogens is 1. The number of imide groups is 1. The molecule has 5 fully saturated rings. The third kappa shape index (κ3) is 9.11. The van der Waals surface area contributed by atoms with Crippen molar-refractivity contribution >= 4 is 61.9 Å². The first-order chi connectivity index (χ1) is 32.4. The van der Waals surface area contributed by atoms with Crippen molar-refractivity contribution in [3.63, 3.8) is 0 Å². The number of likely N-dealkylation sites (tertiary alicyclic amines) is 1. The van der Waals surface area contributed by atoms with Gasteiger partial charge >= 0.3 is 10.2 Å². The third-order valence-electron chi connectivity index (χ3n) is 14.1. The molecule has 0 radical (unpaired) electrons. The molecule has 350 valence electrons. The Hall–Kier alpha value is -6.31. The fourth-order valence-corrected chi connectivity index (χ4v) is 11.8. The van der Waals surface area contributed by atoms with E-state index >= 15 is 8.78 Å². The van der Waals surface area contributed by atoms with Crippen LogP contribution in [0.3, 0.4) is 0 Å². The molecule has 16 nitrogen and oxygen atoms in total. The van der Waals surface area contributed by atoms with Gasteiger partial charge in [0.2, 0.25) is 23.5 Å². The van der Waals surface area contributed by atoms with E-state index in [1.165, 1.54) is 16.1 Å². The minimum absolute atomic E-state index is 0.0278. The average Bonchev–Trinajstić information content (AvgIpc) is 4.03. The minimum atomic E-state index is -4.10. The summed E-state index contributed by atoms with van der Waals surface area (Å²) in [6.07, 6.45) is 11.6. The number of nitrogens with zero attached hydrogens (tertiary/aromatic N) is 6. The van der Waals surface area contributed by atoms with E-state index in [9.17, 15) is 27.6 Å². The maximum Gasteiger partial charge on any atom is 0.301 e. The molecule has 67 heavy (non-hydrogen) atoms. The summed E-state index contributed by atoms with van der Waals surface area (Å²) >= 11 is 0. The Bertz CT molecular complexity index is 2820. The van der Waals surface area contributed by atoms with E-state index in [2.05, 4.69) is 52.2 Å². The van der Waals surface area contributed by atoms with Crippen molar-refractivity contribution in [3.05, 3.63) is 102 Å². The smallest absolute Gasteiger partial charge is 0.301 e. The summed E-state index contributed by atoms with van der Waals surface area (Å²) in [5.41, 5.74) is 2.33. The van der Waals surface area contributed by atoms with Crippen molar-refractivity contribution in [1.82, 2.24) is 34.4 Å². The minimum Gasteiger partial charge on any atom is -0.374 e. The number of piperidine rings is 3. The fraction of sp³-hybridized carbons (Fsp3) is 0.417. The molecule has 3 amide bonds. The second-order valence-corrected chi connectivity index (χ2v) is 20.0. The van der Waals surface area contributed by atoms with Crippen LogP contribution < -0.4 is 20.3 Å². The standard InChI is InChI=1S/C48H52F2N10O6S/c49-38-11-12-39(56-67(65,66)59-18-1-2-19-59)45(50)44(38)46(63)37-25-53-47-36(37)22-32(24-52-47)31-8-14-41(51-23-31)58-26-34-4-3-5-35(27-58)60(34)43(62)28-57-20-16-30(17-21-57)29-6-9-33(10-7-29)54-40-13-15-42(61)55-48(40)64/h6-12,14,22-25,30,34-35,40,54,56H,1-5,13,15-21,26-28H2,(H,52,53)(H,55,61,64)/t34-,35+,40?. The maximum atomic E-state index is 15.8. The van der Waals surface area contributed by atoms with Crippen LogP contribution in [0.2, 0.25) is 0 Å². The molecule has 0 spiro atoms. The monoisotopic (exact) mass is 934 g/mol. The highest BCUT2D eigenvalue weighted by molar-refractivity contribution is 7.90. The molecule has 10 rings (SSSR count). The number of halogens is 2. The van der Waals surface area contributed by atoms with Crippen LogP contribution in [0.4, 0.5) is 26.0 Å². The molecule has 1 unspecified atom stereocenters. The zero-order valence-corrected chi connectivity index (χ0v) is 37.7. The van der Waals surface area contributed by atoms with Crippen molar-refractivity contribution in [1.29, 1.82) is 0 Å². The van der Waals surface area contributed by atoms with Gasteiger partial charge in [-0.25, -0.2) is 18.7 Å². The molecule has 2 aromatic carbocycles. The van der Waals surface area contributed by atoms with Crippen LogP contribution in [-0.2, 0) is 24.6 Å². The lowest BCUT2D eigenvalue weighted by atomic mass is 9.89. The predicted octanol–water partition coefficient (Wildman–Crippen LogP) is 5.55. The molecular formula is C48H52F2N10O6S. The van der Waals surface area contributed by atoms with Crippen LogP contribution in [0.15, 0.2) is 73.2 Å². The summed E-state index contributed by atoms with van der Waals surface area (Å²) in [6.45, 7) is 3.96. The van der Waals surface area contributed by atoms with E-state index in [4.69, 9.17) is 4.98 Å². The van der Waals surface area contributed by atoms with Crippen LogP contribution in [0.25, 0.3) is 22.2 Å². The molecule has 3 aromatic heterocycles. The number of piperazine rings is 1. The molecule has 5 aromatic rings. The van der Waals surface area contributed by atoms with Gasteiger partial charge in [0.1, 0.15) is 23.3 Å². The number of fused-ring (bicyclic) bond motifs is 3. The molecule has 4 N–H and O–H groups in total. The van der Waals surface area contributed by atoms with E-state index in [1.54, 1.807) is 18.5 Å². The molecule has 0 saturated carbocycles. The van der Waals surface area contributed by atoms with Gasteiger partial charge in [-0.3, -0.25) is 34.1 Å². The van der Waals surface area contributed by atoms with Crippen molar-refractivity contribution < 1.29 is 36.4 Å². The molecule has 5 aliphatic rings. The summed E-state index contributed by atoms with van der Waals surface area (Å²) in [4.78, 5) is 70.3. The highest BCUT2D eigenvalue weighted by Gasteiger charge is 2.41. The highest BCUT2D eigenvalue weighted by atomic mass is 32.2. The van der Waals surface area contributed by atoms with Crippen LogP contribution in [0, 0.1) is 11.6 Å². The Labute approximate surface area is 386 Å². The number of pyridine rings is 2. The van der Waals surface area contributed by atoms with Gasteiger partial charge < -0.3 is 20.1 Å². The molecule has 2 bridgehead atoms. The third-order valence-corrected chi connectivity index (χ3v) is 15.6. The van der Waals surface area contributed by atoms with Crippen molar-refractivity contribution in [2.75, 3.05) is 60.8 Å². The van der Waals surface area contributed by atoms with Crippen molar-refractivity contribution in [2.45, 2.75) is 81.8 Å². The van der Waals surface area contributed by atoms with E-state index in [1.807, 2.05) is 24.3 Å². The number of hydrogen-bond acceptors (Lipinski definition) is 11. The average molecular weight is 935 g/mol. The summed E-state index contributed by atoms with van der Waals surface area (Å²) < 4.78 is 60.1. The van der Waals surface area contributed by atoms with E-state index in [-0.39, 0.29) is 48.5 Å². The molecule has 5 aliphatic heterocycles. The lowest BCUT2D eigenvalue weighted by Crippen LogP contribution is -2.64. The number of amides is 3. The van der Waals surface area contributed by atoms with Gasteiger partial charge in [0.25, 0.3) is 0 Å². The molecule has 0 aliphatic carbocycles. The number of aromatic nitrogens is 3. The topological polar surface area (TPSA) is 193 Å². The summed E-state index contributed by atoms with van der Waals surface area (Å²) in [5.74, 6) is -2.58. The van der Waals surface area contributed by atoms with Gasteiger partial charge in [0.05, 0.1) is 17.8 Å². The number of rotatable bonds is 12. The Morgan fingerprint density at radius 1 is 0.821 bits per heavy atom. The second kappa shape index (κ2) is 18.4. The molecular weight excluding hydrogens is 883 g/mol. The molecule has 8 heterocycles. The fourth-order valence-electron chi connectivity index (χ4n) is 10.5. The van der Waals surface area contributed by atoms with Gasteiger partial charge in [-0.05, 0) is 118 Å². The molecule has 5 saturated heterocycles. The van der Waals surface area contributed by atoms with Crippen LogP contribution in [0.1, 0.15) is 85.2 Å². The number of benzene rings is 2. The second-order valence-electron chi connectivity index (χ2n) is 18.3. The van der Waals surface area contributed by atoms with E-state index in [0.29, 0.717) is 73.4 Å². The quantitative estimate of drug-likeness (QED) is 0.0906. The highest BCUT2D eigenvalue weighted by Crippen LogP contribution is 2.35. The predicted molar refractivity (Wildman–Crippen MR) is 248 cm³/mol. The van der Waals surface area contributed by atoms with E-state index in [0.717, 1.165) is 68.8 Å². The maximum absolute atomic E-state index is 15.8. The lowest BCUT2D eigenvalue weighted by Gasteiger charge is -2.51. The largest absolute Gasteiger partial charge is 0.374 e. The summed E-state index contributed by atoms with van der Waals surface area (Å²) in [7, 11) is -4.10. The first kappa shape index (κ1) is 44.5. The number of nitrogens with one attached hydrogen (secondary N) is 4. The van der Waals surface area contributed by atoms with Gasteiger partial charge in [-0.2, -0.15) is 12.7 Å². The van der Waals surface area contributed by atoms with Gasteiger partial charge in [-0.1, -0.05) is 12.1 Å². The number of carbonyl (C=O) groups is 4. The zero-order chi connectivity index (χ0) is 46.4. The Kier molecular flexibility index (Phi) is 12.2. The molecule has 3 atom stereocenters. The number of aromatic amines is 1. The first-order valence-corrected chi connectivity index (χ1v) is 24.6. The van der Waals surface area contributed by atoms with E-state index < -0.39 is 44.9 Å². The van der Waals surface area contributed by atoms with Crippen LogP contribution in [0.5, 0.6) is 0 Å². The van der Waals surface area contributed by atoms with Crippen molar-refractivity contribution in [2.24, 2.45) is 0 Å². The van der Waals surface area contributed by atoms with Gasteiger partial charge in [0, 0.05) is 91.0 Å². The normalized spacial score (nSPS) is 22.0. The number of ketones is 1. The Morgan fingerprint density at radius 2 is 1.55 bits per heavy atom. The number of carbonyl (C=O) groups excluding carboxylic acids is 4. The number of hydrogen-bond donors (Lipinski definition) is 4. The summed E-state index contributed by atoms with van der Waals surface area (Å²) in [5, 5.41) is 5.96. The lowest BCUT2D eigenvalue weighted by molar-refractivity contribution is -0.140. The Morgan fingerprint density at radius 3 is 2.25 bits per heavy atom. The zero-order valence-electron chi connectivity index (χ0n) is 36.8.